The summed E-state index contributed by atoms with van der Waals surface area (Å²) in [5, 5.41) is 52.5. The zero-order valence-corrected chi connectivity index (χ0v) is 20.5. The molecule has 2 aliphatic heterocycles. The molecule has 3 rings (SSSR count). The Morgan fingerprint density at radius 2 is 1.71 bits per heavy atom. The van der Waals surface area contributed by atoms with E-state index in [1.807, 2.05) is 4.98 Å². The minimum Gasteiger partial charge on any atom is -0.394 e. The summed E-state index contributed by atoms with van der Waals surface area (Å²) in [7, 11) is -11.2. The van der Waals surface area contributed by atoms with Gasteiger partial charge in [0, 0.05) is 17.2 Å². The Labute approximate surface area is 210 Å². The number of aromatic amines is 1. The standard InChI is InChI=1S/C15H23N5O16P2/c16-19-18-8-11(25)9(23)5(3-21)34-14(8)35-38(30,31)36-37(28,29)32-4-6-10(24)12(26)13(33-6)20-2-1-7(22)17-15(20)27/h1-2,5-6,8-14,21,23-26H,3-4H2,(H,28,29)(H,30,31)(H,17,22,27)/t5?,6-,8?,9?,10-,11?,12-,13-,14?/m1/s1. The third-order valence-corrected chi connectivity index (χ3v) is 7.94. The van der Waals surface area contributed by atoms with Gasteiger partial charge in [0.2, 0.25) is 0 Å². The largest absolute Gasteiger partial charge is 0.483 e. The van der Waals surface area contributed by atoms with Gasteiger partial charge in [-0.05, 0) is 5.53 Å². The molecule has 8 N–H and O–H groups in total. The van der Waals surface area contributed by atoms with E-state index in [9.17, 15) is 54.0 Å². The van der Waals surface area contributed by atoms with E-state index in [0.29, 0.717) is 0 Å². The molecular formula is C15H23N5O16P2. The zero-order chi connectivity index (χ0) is 28.4. The number of H-pyrrole nitrogens is 1. The summed E-state index contributed by atoms with van der Waals surface area (Å²) in [5.74, 6) is 0. The van der Waals surface area contributed by atoms with Crippen LogP contribution in [0.1, 0.15) is 6.23 Å². The van der Waals surface area contributed by atoms with E-state index in [1.165, 1.54) is 0 Å². The molecule has 2 saturated heterocycles. The minimum absolute atomic E-state index is 0.718. The van der Waals surface area contributed by atoms with Crippen LogP contribution < -0.4 is 11.2 Å². The normalized spacial score (nSPS) is 36.7. The molecule has 1 aromatic heterocycles. The molecule has 21 nitrogen and oxygen atoms in total. The maximum Gasteiger partial charge on any atom is 0.483 e. The molecule has 7 unspecified atom stereocenters. The average Bonchev–Trinajstić information content (AvgIpc) is 3.10. The number of phosphoric ester groups is 2. The van der Waals surface area contributed by atoms with E-state index in [1.54, 1.807) is 0 Å². The first-order valence-corrected chi connectivity index (χ1v) is 13.4. The Morgan fingerprint density at radius 1 is 1.05 bits per heavy atom. The number of aliphatic hydroxyl groups is 5. The molecule has 0 saturated carbocycles. The highest BCUT2D eigenvalue weighted by atomic mass is 31.3. The molecule has 38 heavy (non-hydrogen) atoms. The molecule has 2 aliphatic rings. The summed E-state index contributed by atoms with van der Waals surface area (Å²) in [5.41, 5.74) is 6.87. The van der Waals surface area contributed by atoms with Gasteiger partial charge in [-0.2, -0.15) is 4.31 Å². The van der Waals surface area contributed by atoms with Crippen molar-refractivity contribution in [1.29, 1.82) is 0 Å². The van der Waals surface area contributed by atoms with E-state index in [-0.39, 0.29) is 0 Å². The van der Waals surface area contributed by atoms with E-state index in [0.717, 1.165) is 16.8 Å². The lowest BCUT2D eigenvalue weighted by Crippen LogP contribution is -2.58. The zero-order valence-electron chi connectivity index (χ0n) is 18.8. The first kappa shape index (κ1) is 30.5. The molecule has 3 heterocycles. The van der Waals surface area contributed by atoms with Crippen LogP contribution >= 0.6 is 15.6 Å². The summed E-state index contributed by atoms with van der Waals surface area (Å²) in [4.78, 5) is 47.2. The topological polar surface area (TPSA) is 326 Å². The van der Waals surface area contributed by atoms with Crippen LogP contribution in [0.2, 0.25) is 0 Å². The van der Waals surface area contributed by atoms with E-state index in [2.05, 4.69) is 23.4 Å². The molecule has 0 aromatic carbocycles. The number of azide groups is 1. The number of nitrogens with one attached hydrogen (secondary N) is 1. The lowest BCUT2D eigenvalue weighted by molar-refractivity contribution is -0.242. The summed E-state index contributed by atoms with van der Waals surface area (Å²) in [6.07, 6.45) is -13.2. The molecule has 0 radical (unpaired) electrons. The van der Waals surface area contributed by atoms with Crippen LogP contribution in [0, 0.1) is 0 Å². The van der Waals surface area contributed by atoms with Gasteiger partial charge in [0.15, 0.2) is 12.5 Å². The van der Waals surface area contributed by atoms with Gasteiger partial charge < -0.3 is 44.8 Å². The third kappa shape index (κ3) is 6.93. The fourth-order valence-electron chi connectivity index (χ4n) is 3.53. The summed E-state index contributed by atoms with van der Waals surface area (Å²) in [6, 6.07) is -0.939. The van der Waals surface area contributed by atoms with Crippen molar-refractivity contribution >= 4 is 15.6 Å². The monoisotopic (exact) mass is 591 g/mol. The van der Waals surface area contributed by atoms with Crippen molar-refractivity contribution in [3.05, 3.63) is 43.5 Å². The fourth-order valence-corrected chi connectivity index (χ4v) is 5.69. The van der Waals surface area contributed by atoms with Crippen molar-refractivity contribution in [2.24, 2.45) is 5.11 Å². The quantitative estimate of drug-likeness (QED) is 0.0567. The number of aromatic nitrogens is 2. The summed E-state index contributed by atoms with van der Waals surface area (Å²) >= 11 is 0. The molecule has 11 atom stereocenters. The van der Waals surface area contributed by atoms with Gasteiger partial charge in [0.25, 0.3) is 5.56 Å². The van der Waals surface area contributed by atoms with Crippen molar-refractivity contribution in [1.82, 2.24) is 9.55 Å². The molecule has 2 fully saturated rings. The molecule has 0 bridgehead atoms. The first-order chi connectivity index (χ1) is 17.7. The van der Waals surface area contributed by atoms with Crippen LogP contribution in [-0.4, -0.2) is 107 Å². The van der Waals surface area contributed by atoms with E-state index >= 15 is 0 Å². The van der Waals surface area contributed by atoms with Crippen LogP contribution in [0.25, 0.3) is 10.4 Å². The maximum atomic E-state index is 12.3. The highest BCUT2D eigenvalue weighted by Crippen LogP contribution is 2.61. The molecule has 23 heteroatoms. The van der Waals surface area contributed by atoms with E-state index in [4.69, 9.17) is 15.0 Å². The van der Waals surface area contributed by atoms with Crippen molar-refractivity contribution in [3.8, 4) is 0 Å². The Kier molecular flexibility index (Phi) is 9.64. The Hall–Kier alpha value is -2.03. The van der Waals surface area contributed by atoms with Gasteiger partial charge in [0.05, 0.1) is 19.3 Å². The van der Waals surface area contributed by atoms with E-state index < -0.39 is 95.3 Å². The Bertz CT molecular complexity index is 1250. The number of rotatable bonds is 10. The maximum absolute atomic E-state index is 12.3. The predicted molar refractivity (Wildman–Crippen MR) is 116 cm³/mol. The van der Waals surface area contributed by atoms with Crippen molar-refractivity contribution < 1.29 is 67.3 Å². The van der Waals surface area contributed by atoms with Crippen molar-refractivity contribution in [2.45, 2.75) is 55.2 Å². The lowest BCUT2D eigenvalue weighted by Gasteiger charge is -2.40. The molecular weight excluding hydrogens is 568 g/mol. The number of aliphatic hydroxyl groups excluding tert-OH is 5. The lowest BCUT2D eigenvalue weighted by atomic mass is 9.98. The number of hydrogen-bond acceptors (Lipinski definition) is 15. The second-order valence-electron chi connectivity index (χ2n) is 7.89. The second-order valence-corrected chi connectivity index (χ2v) is 10.9. The molecule has 214 valence electrons. The number of nitrogens with zero attached hydrogens (tertiary/aromatic N) is 4. The third-order valence-electron chi connectivity index (χ3n) is 5.34. The summed E-state index contributed by atoms with van der Waals surface area (Å²) in [6.45, 7) is -1.96. The summed E-state index contributed by atoms with van der Waals surface area (Å²) < 4.78 is 48.7. The number of ether oxygens (including phenoxy) is 2. The average molecular weight is 591 g/mol. The van der Waals surface area contributed by atoms with Crippen LogP contribution in [0.3, 0.4) is 0 Å². The molecule has 0 spiro atoms. The van der Waals surface area contributed by atoms with Crippen molar-refractivity contribution in [3.63, 3.8) is 0 Å². The van der Waals surface area contributed by atoms with Gasteiger partial charge in [-0.1, -0.05) is 5.11 Å². The Morgan fingerprint density at radius 3 is 2.32 bits per heavy atom. The van der Waals surface area contributed by atoms with Gasteiger partial charge in [-0.3, -0.25) is 23.4 Å². The number of hydrogen-bond donors (Lipinski definition) is 8. The first-order valence-electron chi connectivity index (χ1n) is 10.4. The van der Waals surface area contributed by atoms with Crippen LogP contribution in [0.4, 0.5) is 0 Å². The highest BCUT2D eigenvalue weighted by Gasteiger charge is 2.49. The van der Waals surface area contributed by atoms with Gasteiger partial charge in [-0.15, -0.1) is 0 Å². The van der Waals surface area contributed by atoms with Gasteiger partial charge in [-0.25, -0.2) is 13.9 Å². The predicted octanol–water partition coefficient (Wildman–Crippen LogP) is -3.48. The fraction of sp³-hybridized carbons (Fsp3) is 0.733. The second kappa shape index (κ2) is 12.0. The Balaban J connectivity index is 1.65. The van der Waals surface area contributed by atoms with Crippen LogP contribution in [0.15, 0.2) is 27.0 Å². The smallest absolute Gasteiger partial charge is 0.394 e. The number of phosphoric acid groups is 2. The molecule has 0 aliphatic carbocycles. The van der Waals surface area contributed by atoms with Crippen molar-refractivity contribution in [2.75, 3.05) is 13.2 Å². The molecule has 0 amide bonds. The molecule has 1 aromatic rings. The van der Waals surface area contributed by atoms with Crippen LogP contribution in [-0.2, 0) is 32.0 Å². The van der Waals surface area contributed by atoms with Gasteiger partial charge in [0.1, 0.15) is 36.6 Å². The van der Waals surface area contributed by atoms with Crippen LogP contribution in [0.5, 0.6) is 0 Å². The SMILES string of the molecule is [N-]=[N+]=NC1C(OP(=O)(O)OP(=O)(O)OC[C@H]2O[C@@H](n3ccc(=O)[nH]c3=O)[C@H](O)[C@@H]2O)OC(CO)C(O)C1O. The van der Waals surface area contributed by atoms with Gasteiger partial charge >= 0.3 is 21.3 Å². The minimum atomic E-state index is -5.64. The highest BCUT2D eigenvalue weighted by molar-refractivity contribution is 7.61.